The van der Waals surface area contributed by atoms with E-state index in [2.05, 4.69) is 56.1 Å². The monoisotopic (exact) mass is 598 g/mol. The normalized spacial score (nSPS) is 20.4. The molecule has 0 bridgehead atoms. The van der Waals surface area contributed by atoms with Gasteiger partial charge in [0.2, 0.25) is 5.95 Å². The lowest BCUT2D eigenvalue weighted by Crippen LogP contribution is -2.47. The molecule has 0 saturated carbocycles. The number of imidazole rings is 1. The van der Waals surface area contributed by atoms with E-state index in [4.69, 9.17) is 32.2 Å². The predicted octanol–water partition coefficient (Wildman–Crippen LogP) is 5.36. The minimum atomic E-state index is -1.43. The van der Waals surface area contributed by atoms with Crippen LogP contribution in [0, 0.1) is 24.7 Å². The summed E-state index contributed by atoms with van der Waals surface area (Å²) in [5, 5.41) is 9.53. The van der Waals surface area contributed by atoms with Crippen molar-refractivity contribution >= 4 is 40.6 Å². The van der Waals surface area contributed by atoms with Crippen LogP contribution in [0.1, 0.15) is 32.5 Å². The van der Waals surface area contributed by atoms with Gasteiger partial charge in [0.1, 0.15) is 23.1 Å². The third-order valence-corrected chi connectivity index (χ3v) is 7.62. The molecule has 0 spiro atoms. The number of aliphatic imine (C=N–C) groups is 1. The highest BCUT2D eigenvalue weighted by atomic mass is 35.5. The van der Waals surface area contributed by atoms with Gasteiger partial charge >= 0.3 is 6.09 Å². The number of carboxylic acid groups (broad SMARTS) is 1. The van der Waals surface area contributed by atoms with Crippen LogP contribution in [-0.4, -0.2) is 54.2 Å². The number of halogens is 1. The molecule has 0 saturated heterocycles. The Labute approximate surface area is 254 Å². The maximum Gasteiger partial charge on any atom is 0.433 e. The zero-order valence-corrected chi connectivity index (χ0v) is 24.5. The second-order valence-corrected chi connectivity index (χ2v) is 10.8. The fourth-order valence-electron chi connectivity index (χ4n) is 5.70. The van der Waals surface area contributed by atoms with Crippen molar-refractivity contribution in [3.63, 3.8) is 0 Å². The number of terminal acetylenes is 1. The Bertz CT molecular complexity index is 1710. The maximum absolute atomic E-state index is 11.1. The lowest BCUT2D eigenvalue weighted by atomic mass is 9.82. The fraction of sp³-hybridized carbons (Fsp3) is 0.290. The first kappa shape index (κ1) is 29.5. The van der Waals surface area contributed by atoms with Crippen LogP contribution in [0.15, 0.2) is 71.3 Å². The molecule has 7 rings (SSSR count). The molecule has 3 aliphatic rings. The molecular formula is C31H31ClN8O3. The highest BCUT2D eigenvalue weighted by Gasteiger charge is 2.43. The molecule has 1 amide bonds. The van der Waals surface area contributed by atoms with Crippen molar-refractivity contribution in [1.29, 1.82) is 0 Å². The van der Waals surface area contributed by atoms with E-state index in [9.17, 15) is 4.79 Å². The van der Waals surface area contributed by atoms with E-state index in [1.165, 1.54) is 11.9 Å². The highest BCUT2D eigenvalue weighted by molar-refractivity contribution is 6.30. The molecule has 1 aromatic carbocycles. The SMILES string of the molecule is C#C.C[C@@H]1CN2C3=C(O1)[C@H](C)CC[C@H]3Cn1c2nc2nc(/C(N)=N/C(=O)O)nc(-c3cncc(Cl)c3)c21.c1ccccc1. The molecule has 2 aliphatic heterocycles. The molecule has 0 unspecified atom stereocenters. The van der Waals surface area contributed by atoms with Crippen LogP contribution in [0.5, 0.6) is 0 Å². The molecule has 12 heteroatoms. The van der Waals surface area contributed by atoms with Crippen LogP contribution in [-0.2, 0) is 11.3 Å². The molecule has 220 valence electrons. The number of carbonyl (C=O) groups is 1. The number of hydrogen-bond donors (Lipinski definition) is 2. The second-order valence-electron chi connectivity index (χ2n) is 10.4. The van der Waals surface area contributed by atoms with E-state index < -0.39 is 6.09 Å². The van der Waals surface area contributed by atoms with Crippen LogP contribution >= 0.6 is 11.6 Å². The van der Waals surface area contributed by atoms with Gasteiger partial charge in [0.25, 0.3) is 0 Å². The number of anilines is 1. The van der Waals surface area contributed by atoms with Crippen LogP contribution in [0.4, 0.5) is 10.7 Å². The van der Waals surface area contributed by atoms with Crippen molar-refractivity contribution in [2.45, 2.75) is 39.3 Å². The van der Waals surface area contributed by atoms with Crippen molar-refractivity contribution in [1.82, 2.24) is 24.5 Å². The van der Waals surface area contributed by atoms with Crippen LogP contribution in [0.25, 0.3) is 22.4 Å². The summed E-state index contributed by atoms with van der Waals surface area (Å²) in [6.07, 6.45) is 11.9. The van der Waals surface area contributed by atoms with Gasteiger partial charge in [0.15, 0.2) is 17.3 Å². The lowest BCUT2D eigenvalue weighted by Gasteiger charge is -2.46. The first-order valence-corrected chi connectivity index (χ1v) is 14.2. The van der Waals surface area contributed by atoms with Gasteiger partial charge in [0, 0.05) is 36.3 Å². The summed E-state index contributed by atoms with van der Waals surface area (Å²) >= 11 is 6.24. The summed E-state index contributed by atoms with van der Waals surface area (Å²) in [6, 6.07) is 13.7. The number of amidine groups is 1. The number of hydrogen-bond acceptors (Lipinski definition) is 7. The number of fused-ring (bicyclic) bond motifs is 4. The van der Waals surface area contributed by atoms with Gasteiger partial charge in [-0.3, -0.25) is 4.98 Å². The number of ether oxygens (including phenoxy) is 1. The number of amides is 1. The zero-order valence-electron chi connectivity index (χ0n) is 23.8. The summed E-state index contributed by atoms with van der Waals surface area (Å²) in [5.74, 6) is 2.11. The molecule has 4 aromatic rings. The first-order chi connectivity index (χ1) is 20.8. The molecular weight excluding hydrogens is 568 g/mol. The average molecular weight is 599 g/mol. The Morgan fingerprint density at radius 1 is 1.07 bits per heavy atom. The number of pyridine rings is 1. The van der Waals surface area contributed by atoms with E-state index in [0.29, 0.717) is 46.5 Å². The number of rotatable bonds is 2. The predicted molar refractivity (Wildman–Crippen MR) is 165 cm³/mol. The van der Waals surface area contributed by atoms with Crippen molar-refractivity contribution in [2.75, 3.05) is 11.4 Å². The first-order valence-electron chi connectivity index (χ1n) is 13.8. The molecule has 43 heavy (non-hydrogen) atoms. The minimum absolute atomic E-state index is 0.0119. The van der Waals surface area contributed by atoms with Gasteiger partial charge in [0.05, 0.1) is 17.3 Å². The molecule has 3 N–H and O–H groups in total. The second kappa shape index (κ2) is 12.5. The molecule has 3 aromatic heterocycles. The quantitative estimate of drug-likeness (QED) is 0.177. The summed E-state index contributed by atoms with van der Waals surface area (Å²) in [7, 11) is 0. The Kier molecular flexibility index (Phi) is 8.59. The Morgan fingerprint density at radius 3 is 2.42 bits per heavy atom. The van der Waals surface area contributed by atoms with E-state index >= 15 is 0 Å². The van der Waals surface area contributed by atoms with Gasteiger partial charge in [-0.25, -0.2) is 14.8 Å². The fourth-order valence-corrected chi connectivity index (χ4v) is 5.87. The Balaban J connectivity index is 0.000000406. The van der Waals surface area contributed by atoms with Crippen LogP contribution in [0.2, 0.25) is 5.02 Å². The van der Waals surface area contributed by atoms with Gasteiger partial charge in [-0.1, -0.05) is 54.9 Å². The van der Waals surface area contributed by atoms with Crippen LogP contribution < -0.4 is 10.6 Å². The van der Waals surface area contributed by atoms with Gasteiger partial charge < -0.3 is 25.0 Å². The van der Waals surface area contributed by atoms with Gasteiger partial charge in [-0.05, 0) is 25.8 Å². The third-order valence-electron chi connectivity index (χ3n) is 7.41. The molecule has 5 heterocycles. The Morgan fingerprint density at radius 2 is 1.77 bits per heavy atom. The number of nitrogens with two attached hydrogens (primary N) is 1. The topological polar surface area (TPSA) is 145 Å². The van der Waals surface area contributed by atoms with E-state index in [1.807, 2.05) is 36.4 Å². The van der Waals surface area contributed by atoms with Crippen LogP contribution in [0.3, 0.4) is 0 Å². The van der Waals surface area contributed by atoms with Crippen molar-refractivity contribution in [2.24, 2.45) is 22.6 Å². The van der Waals surface area contributed by atoms with E-state index in [1.54, 1.807) is 12.3 Å². The lowest BCUT2D eigenvalue weighted by molar-refractivity contribution is 0.0763. The molecule has 0 fully saturated rings. The summed E-state index contributed by atoms with van der Waals surface area (Å²) in [5.41, 5.74) is 9.41. The smallest absolute Gasteiger partial charge is 0.433 e. The van der Waals surface area contributed by atoms with E-state index in [-0.39, 0.29) is 23.7 Å². The van der Waals surface area contributed by atoms with Crippen molar-refractivity contribution in [3.05, 3.63) is 77.2 Å². The van der Waals surface area contributed by atoms with E-state index in [0.717, 1.165) is 24.5 Å². The summed E-state index contributed by atoms with van der Waals surface area (Å²) in [6.45, 7) is 5.64. The number of allylic oxidation sites excluding steroid dienone is 2. The van der Waals surface area contributed by atoms with Gasteiger partial charge in [-0.2, -0.15) is 9.98 Å². The average Bonchev–Trinajstić information content (AvgIpc) is 3.39. The molecule has 0 radical (unpaired) electrons. The molecule has 1 aliphatic carbocycles. The van der Waals surface area contributed by atoms with Crippen molar-refractivity contribution in [3.8, 4) is 24.1 Å². The molecule has 11 nitrogen and oxygen atoms in total. The number of nitrogens with zero attached hydrogens (tertiary/aromatic N) is 7. The minimum Gasteiger partial charge on any atom is -0.491 e. The number of benzene rings is 1. The largest absolute Gasteiger partial charge is 0.491 e. The maximum atomic E-state index is 11.1. The standard InChI is InChI=1S/C23H23ClN8O3.C6H6.C2H2/c1-10-3-4-12-9-32-17-15(13-5-14(24)7-26-6-13)27-21(19(25)28-23(33)34)29-20(17)30-22(32)31-8-11(2)35-18(10)16(12)31;1-2-4-6-5-3-1;1-2/h5-7,10-12H,3-4,8-9H2,1-2H3,(H2,25,28)(H,33,34);1-6H;1-2H/t10-,11-,12+;;/m1../s1. The zero-order chi connectivity index (χ0) is 30.7. The Hall–Kier alpha value is -4.95. The summed E-state index contributed by atoms with van der Waals surface area (Å²) < 4.78 is 8.42. The summed E-state index contributed by atoms with van der Waals surface area (Å²) in [4.78, 5) is 35.0. The van der Waals surface area contributed by atoms with Crippen molar-refractivity contribution < 1.29 is 14.6 Å². The number of aromatic nitrogens is 5. The third kappa shape index (κ3) is 5.87. The van der Waals surface area contributed by atoms with Gasteiger partial charge in [-0.15, -0.1) is 12.8 Å². The molecule has 3 atom stereocenters. The highest BCUT2D eigenvalue weighted by Crippen LogP contribution is 2.46.